The van der Waals surface area contributed by atoms with E-state index < -0.39 is 23.4 Å². The van der Waals surface area contributed by atoms with Crippen molar-refractivity contribution >= 4 is 28.9 Å². The molecule has 154 valence electrons. The second-order valence-electron chi connectivity index (χ2n) is 6.66. The number of unbranched alkanes of at least 4 members (excludes halogenated alkanes) is 1. The van der Waals surface area contributed by atoms with Crippen molar-refractivity contribution in [3.63, 3.8) is 0 Å². The van der Waals surface area contributed by atoms with Crippen LogP contribution in [0.5, 0.6) is 0 Å². The number of benzene rings is 2. The van der Waals surface area contributed by atoms with Crippen LogP contribution in [0.1, 0.15) is 41.3 Å². The Bertz CT molecular complexity index is 911. The number of anilines is 2. The predicted octanol–water partition coefficient (Wildman–Crippen LogP) is 4.22. The Morgan fingerprint density at radius 1 is 1.10 bits per heavy atom. The van der Waals surface area contributed by atoms with Crippen molar-refractivity contribution in [3.05, 3.63) is 63.2 Å². The maximum absolute atomic E-state index is 12.4. The van der Waals surface area contributed by atoms with Gasteiger partial charge < -0.3 is 15.4 Å². The van der Waals surface area contributed by atoms with Crippen molar-refractivity contribution in [2.45, 2.75) is 33.6 Å². The number of aryl methyl sites for hydroxylation is 2. The van der Waals surface area contributed by atoms with E-state index in [1.165, 1.54) is 12.1 Å². The van der Waals surface area contributed by atoms with Gasteiger partial charge in [0.05, 0.1) is 10.5 Å². The summed E-state index contributed by atoms with van der Waals surface area (Å²) in [4.78, 5) is 35.2. The monoisotopic (exact) mass is 399 g/mol. The minimum Gasteiger partial charge on any atom is -0.452 e. The number of hydrogen-bond acceptors (Lipinski definition) is 6. The van der Waals surface area contributed by atoms with Crippen LogP contribution in [0.25, 0.3) is 0 Å². The Kier molecular flexibility index (Phi) is 7.70. The van der Waals surface area contributed by atoms with Crippen LogP contribution in [0.3, 0.4) is 0 Å². The lowest BCUT2D eigenvalue weighted by Gasteiger charge is -2.12. The first-order valence-corrected chi connectivity index (χ1v) is 9.39. The van der Waals surface area contributed by atoms with Crippen LogP contribution >= 0.6 is 0 Å². The number of para-hydroxylation sites is 1. The number of rotatable bonds is 9. The summed E-state index contributed by atoms with van der Waals surface area (Å²) in [5, 5.41) is 16.9. The first-order chi connectivity index (χ1) is 13.8. The number of nitro groups is 1. The fourth-order valence-corrected chi connectivity index (χ4v) is 2.66. The average molecular weight is 399 g/mol. The van der Waals surface area contributed by atoms with Crippen LogP contribution in [0.15, 0.2) is 36.4 Å². The molecular weight excluding hydrogens is 374 g/mol. The Morgan fingerprint density at radius 3 is 2.48 bits per heavy atom. The highest BCUT2D eigenvalue weighted by atomic mass is 16.6. The summed E-state index contributed by atoms with van der Waals surface area (Å²) in [6, 6.07) is 9.82. The van der Waals surface area contributed by atoms with E-state index >= 15 is 0 Å². The van der Waals surface area contributed by atoms with E-state index in [9.17, 15) is 19.7 Å². The second kappa shape index (κ2) is 10.2. The molecule has 2 N–H and O–H groups in total. The molecule has 2 aromatic carbocycles. The minimum atomic E-state index is -0.652. The summed E-state index contributed by atoms with van der Waals surface area (Å²) >= 11 is 0. The highest BCUT2D eigenvalue weighted by Crippen LogP contribution is 2.28. The molecule has 8 nitrogen and oxygen atoms in total. The number of amides is 1. The zero-order valence-corrected chi connectivity index (χ0v) is 16.8. The summed E-state index contributed by atoms with van der Waals surface area (Å²) in [5.74, 6) is -1.30. The third kappa shape index (κ3) is 6.03. The maximum atomic E-state index is 12.4. The summed E-state index contributed by atoms with van der Waals surface area (Å²) in [6.07, 6.45) is 1.98. The first-order valence-electron chi connectivity index (χ1n) is 9.39. The van der Waals surface area contributed by atoms with Gasteiger partial charge in [-0.05, 0) is 49.6 Å². The van der Waals surface area contributed by atoms with Gasteiger partial charge in [0.2, 0.25) is 0 Å². The van der Waals surface area contributed by atoms with Crippen molar-refractivity contribution in [3.8, 4) is 0 Å². The normalized spacial score (nSPS) is 10.3. The Morgan fingerprint density at radius 2 is 1.79 bits per heavy atom. The number of carbonyl (C=O) groups excluding carboxylic acids is 2. The molecule has 8 heteroatoms. The molecule has 0 saturated heterocycles. The lowest BCUT2D eigenvalue weighted by Crippen LogP contribution is -2.22. The first kappa shape index (κ1) is 21.9. The lowest BCUT2D eigenvalue weighted by molar-refractivity contribution is -0.384. The van der Waals surface area contributed by atoms with Crippen molar-refractivity contribution in [1.29, 1.82) is 0 Å². The molecule has 0 heterocycles. The van der Waals surface area contributed by atoms with Gasteiger partial charge >= 0.3 is 5.97 Å². The van der Waals surface area contributed by atoms with E-state index in [4.69, 9.17) is 4.74 Å². The number of nitrogens with zero attached hydrogens (tertiary/aromatic N) is 1. The maximum Gasteiger partial charge on any atom is 0.340 e. The quantitative estimate of drug-likeness (QED) is 0.283. The molecule has 0 spiro atoms. The SMILES string of the molecule is CCCCNc1ccccc1C(=O)OCC(=O)Nc1cc(C)c(C)cc1[N+](=O)[O-]. The van der Waals surface area contributed by atoms with Gasteiger partial charge in [0.25, 0.3) is 11.6 Å². The van der Waals surface area contributed by atoms with Crippen LogP contribution in [0.4, 0.5) is 17.1 Å². The van der Waals surface area contributed by atoms with Crippen molar-refractivity contribution in [2.75, 3.05) is 23.8 Å². The predicted molar refractivity (Wildman–Crippen MR) is 111 cm³/mol. The zero-order valence-electron chi connectivity index (χ0n) is 16.8. The summed E-state index contributed by atoms with van der Waals surface area (Å²) in [7, 11) is 0. The number of hydrogen-bond donors (Lipinski definition) is 2. The number of nitrogens with one attached hydrogen (secondary N) is 2. The third-order valence-electron chi connectivity index (χ3n) is 4.41. The van der Waals surface area contributed by atoms with Gasteiger partial charge in [-0.25, -0.2) is 4.79 Å². The molecule has 0 aromatic heterocycles. The standard InChI is InChI=1S/C21H25N3O5/c1-4-5-10-22-17-9-7-6-8-16(17)21(26)29-13-20(25)23-18-11-14(2)15(3)12-19(18)24(27)28/h6-9,11-12,22H,4-5,10,13H2,1-3H3,(H,23,25). The number of esters is 1. The van der Waals surface area contributed by atoms with E-state index in [1.807, 2.05) is 0 Å². The molecule has 0 atom stereocenters. The van der Waals surface area contributed by atoms with Gasteiger partial charge in [0.15, 0.2) is 6.61 Å². The second-order valence-corrected chi connectivity index (χ2v) is 6.66. The molecule has 1 amide bonds. The highest BCUT2D eigenvalue weighted by molar-refractivity contribution is 5.99. The highest BCUT2D eigenvalue weighted by Gasteiger charge is 2.19. The van der Waals surface area contributed by atoms with Crippen molar-refractivity contribution < 1.29 is 19.2 Å². The summed E-state index contributed by atoms with van der Waals surface area (Å²) in [6.45, 7) is 5.78. The molecular formula is C21H25N3O5. The molecule has 2 aromatic rings. The van der Waals surface area contributed by atoms with E-state index in [2.05, 4.69) is 17.6 Å². The summed E-state index contributed by atoms with van der Waals surface area (Å²) in [5.41, 5.74) is 2.37. The van der Waals surface area contributed by atoms with Crippen molar-refractivity contribution in [2.24, 2.45) is 0 Å². The molecule has 0 fully saturated rings. The van der Waals surface area contributed by atoms with Crippen LogP contribution < -0.4 is 10.6 Å². The van der Waals surface area contributed by atoms with Gasteiger partial charge in [0, 0.05) is 18.3 Å². The van der Waals surface area contributed by atoms with Crippen LogP contribution in [-0.2, 0) is 9.53 Å². The molecule has 0 aliphatic rings. The van der Waals surface area contributed by atoms with Crippen LogP contribution in [0, 0.1) is 24.0 Å². The number of nitro benzene ring substituents is 1. The minimum absolute atomic E-state index is 0.0702. The molecule has 29 heavy (non-hydrogen) atoms. The molecule has 0 bridgehead atoms. The Labute approximate surface area is 169 Å². The molecule has 0 aliphatic carbocycles. The number of ether oxygens (including phenoxy) is 1. The molecule has 0 unspecified atom stereocenters. The van der Waals surface area contributed by atoms with Gasteiger partial charge in [-0.2, -0.15) is 0 Å². The molecule has 0 saturated carbocycles. The van der Waals surface area contributed by atoms with Gasteiger partial charge in [0.1, 0.15) is 5.69 Å². The number of carbonyl (C=O) groups is 2. The third-order valence-corrected chi connectivity index (χ3v) is 4.41. The van der Waals surface area contributed by atoms with Crippen LogP contribution in [-0.4, -0.2) is 30.0 Å². The van der Waals surface area contributed by atoms with E-state index in [0.29, 0.717) is 11.3 Å². The van der Waals surface area contributed by atoms with Crippen molar-refractivity contribution in [1.82, 2.24) is 0 Å². The van der Waals surface area contributed by atoms with Gasteiger partial charge in [-0.1, -0.05) is 25.5 Å². The summed E-state index contributed by atoms with van der Waals surface area (Å²) < 4.78 is 5.10. The lowest BCUT2D eigenvalue weighted by atomic mass is 10.1. The van der Waals surface area contributed by atoms with E-state index in [0.717, 1.165) is 30.5 Å². The van der Waals surface area contributed by atoms with E-state index in [1.54, 1.807) is 38.1 Å². The largest absolute Gasteiger partial charge is 0.452 e. The topological polar surface area (TPSA) is 111 Å². The Hall–Kier alpha value is -3.42. The fourth-order valence-electron chi connectivity index (χ4n) is 2.66. The van der Waals surface area contributed by atoms with Crippen LogP contribution in [0.2, 0.25) is 0 Å². The van der Waals surface area contributed by atoms with E-state index in [-0.39, 0.29) is 11.4 Å². The molecule has 0 aliphatic heterocycles. The van der Waals surface area contributed by atoms with Gasteiger partial charge in [-0.3, -0.25) is 14.9 Å². The average Bonchev–Trinajstić information content (AvgIpc) is 2.69. The molecule has 2 rings (SSSR count). The Balaban J connectivity index is 2.03. The zero-order chi connectivity index (χ0) is 21.4. The molecule has 0 radical (unpaired) electrons. The fraction of sp³-hybridized carbons (Fsp3) is 0.333. The van der Waals surface area contributed by atoms with Gasteiger partial charge in [-0.15, -0.1) is 0 Å². The smallest absolute Gasteiger partial charge is 0.340 e.